The van der Waals surface area contributed by atoms with Crippen LogP contribution in [-0.2, 0) is 16.0 Å². The molecule has 2 aromatic carbocycles. The van der Waals surface area contributed by atoms with Crippen LogP contribution >= 0.6 is 0 Å². The van der Waals surface area contributed by atoms with Gasteiger partial charge in [-0.3, -0.25) is 10.1 Å². The molecule has 2 heterocycles. The number of hydrogen-bond acceptors (Lipinski definition) is 4. The molecule has 0 bridgehead atoms. The van der Waals surface area contributed by atoms with Gasteiger partial charge in [0.1, 0.15) is 11.8 Å². The van der Waals surface area contributed by atoms with Crippen molar-refractivity contribution in [3.05, 3.63) is 65.4 Å². The molecule has 0 aliphatic carbocycles. The highest BCUT2D eigenvalue weighted by Crippen LogP contribution is 2.35. The number of para-hydroxylation sites is 1. The van der Waals surface area contributed by atoms with Crippen LogP contribution < -0.4 is 10.1 Å². The van der Waals surface area contributed by atoms with Crippen LogP contribution in [0.15, 0.2) is 48.5 Å². The number of carbonyl (C=O) groups is 1. The first-order valence-electron chi connectivity index (χ1n) is 9.26. The van der Waals surface area contributed by atoms with Crippen molar-refractivity contribution in [1.82, 2.24) is 10.3 Å². The standard InChI is InChI=1S/C22H24N2O3/c1-13(2)27-22(25)19-12-17-16-6-4-5-7-18(16)23-21(17)20(24-19)14-8-10-15(26-3)11-9-14/h4-11,13,19-20,23-24H,12H2,1-3H3/t19-,20+/m0/s1. The summed E-state index contributed by atoms with van der Waals surface area (Å²) in [7, 11) is 1.65. The maximum atomic E-state index is 12.6. The van der Waals surface area contributed by atoms with Gasteiger partial charge in [-0.1, -0.05) is 30.3 Å². The lowest BCUT2D eigenvalue weighted by Gasteiger charge is -2.31. The third kappa shape index (κ3) is 3.30. The Bertz CT molecular complexity index is 959. The Morgan fingerprint density at radius 2 is 1.85 bits per heavy atom. The summed E-state index contributed by atoms with van der Waals surface area (Å²) < 4.78 is 10.8. The Hall–Kier alpha value is -2.79. The molecule has 4 rings (SSSR count). The molecule has 0 unspecified atom stereocenters. The Morgan fingerprint density at radius 1 is 1.11 bits per heavy atom. The molecule has 2 N–H and O–H groups in total. The fraction of sp³-hybridized carbons (Fsp3) is 0.318. The summed E-state index contributed by atoms with van der Waals surface area (Å²) in [5.41, 5.74) is 4.44. The van der Waals surface area contributed by atoms with Gasteiger partial charge in [0, 0.05) is 23.0 Å². The zero-order chi connectivity index (χ0) is 19.0. The molecule has 0 spiro atoms. The number of nitrogens with one attached hydrogen (secondary N) is 2. The Kier molecular flexibility index (Phi) is 4.62. The average Bonchev–Trinajstić information content (AvgIpc) is 3.05. The molecule has 27 heavy (non-hydrogen) atoms. The van der Waals surface area contributed by atoms with Crippen molar-refractivity contribution in [3.63, 3.8) is 0 Å². The summed E-state index contributed by atoms with van der Waals surface area (Å²) in [6.45, 7) is 3.75. The van der Waals surface area contributed by atoms with E-state index in [-0.39, 0.29) is 24.2 Å². The van der Waals surface area contributed by atoms with E-state index >= 15 is 0 Å². The molecule has 1 aliphatic rings. The van der Waals surface area contributed by atoms with Crippen molar-refractivity contribution in [3.8, 4) is 5.75 Å². The van der Waals surface area contributed by atoms with Gasteiger partial charge in [0.15, 0.2) is 0 Å². The summed E-state index contributed by atoms with van der Waals surface area (Å²) in [6.07, 6.45) is 0.473. The number of aromatic nitrogens is 1. The third-order valence-corrected chi connectivity index (χ3v) is 5.00. The highest BCUT2D eigenvalue weighted by atomic mass is 16.5. The van der Waals surface area contributed by atoms with E-state index in [1.54, 1.807) is 7.11 Å². The monoisotopic (exact) mass is 364 g/mol. The Labute approximate surface area is 158 Å². The second kappa shape index (κ2) is 7.08. The van der Waals surface area contributed by atoms with Gasteiger partial charge in [-0.2, -0.15) is 0 Å². The second-order valence-corrected chi connectivity index (χ2v) is 7.18. The van der Waals surface area contributed by atoms with Crippen LogP contribution in [0.2, 0.25) is 0 Å². The SMILES string of the molecule is COc1ccc([C@H]2N[C@H](C(=O)OC(C)C)Cc3c2[nH]c2ccccc32)cc1. The number of benzene rings is 2. The van der Waals surface area contributed by atoms with Crippen LogP contribution in [0.3, 0.4) is 0 Å². The number of aromatic amines is 1. The zero-order valence-electron chi connectivity index (χ0n) is 15.8. The van der Waals surface area contributed by atoms with Crippen LogP contribution in [0.25, 0.3) is 10.9 Å². The lowest BCUT2D eigenvalue weighted by Crippen LogP contribution is -2.46. The van der Waals surface area contributed by atoms with Crippen LogP contribution in [0.1, 0.15) is 36.7 Å². The summed E-state index contributed by atoms with van der Waals surface area (Å²) in [4.78, 5) is 16.2. The molecule has 0 radical (unpaired) electrons. The van der Waals surface area contributed by atoms with E-state index in [1.165, 1.54) is 5.56 Å². The van der Waals surface area contributed by atoms with Crippen molar-refractivity contribution in [2.24, 2.45) is 0 Å². The highest BCUT2D eigenvalue weighted by Gasteiger charge is 2.35. The minimum Gasteiger partial charge on any atom is -0.497 e. The molecule has 0 fully saturated rings. The number of rotatable bonds is 4. The fourth-order valence-corrected chi connectivity index (χ4v) is 3.76. The zero-order valence-corrected chi connectivity index (χ0v) is 15.8. The molecule has 1 aromatic heterocycles. The van der Waals surface area contributed by atoms with Crippen molar-refractivity contribution < 1.29 is 14.3 Å². The van der Waals surface area contributed by atoms with Gasteiger partial charge in [-0.05, 0) is 43.2 Å². The average molecular weight is 364 g/mol. The first kappa shape index (κ1) is 17.6. The largest absolute Gasteiger partial charge is 0.497 e. The number of methoxy groups -OCH3 is 1. The number of H-pyrrole nitrogens is 1. The number of esters is 1. The molecule has 2 atom stereocenters. The third-order valence-electron chi connectivity index (χ3n) is 5.00. The molecule has 5 nitrogen and oxygen atoms in total. The van der Waals surface area contributed by atoms with Crippen LogP contribution in [0, 0.1) is 0 Å². The predicted molar refractivity (Wildman–Crippen MR) is 105 cm³/mol. The summed E-state index contributed by atoms with van der Waals surface area (Å²) in [5.74, 6) is 0.599. The quantitative estimate of drug-likeness (QED) is 0.693. The molecule has 0 amide bonds. The van der Waals surface area contributed by atoms with E-state index in [2.05, 4.69) is 22.4 Å². The van der Waals surface area contributed by atoms with Crippen molar-refractivity contribution in [1.29, 1.82) is 0 Å². The van der Waals surface area contributed by atoms with E-state index in [0.717, 1.165) is 27.9 Å². The number of ether oxygens (including phenoxy) is 2. The van der Waals surface area contributed by atoms with Crippen molar-refractivity contribution in [2.45, 2.75) is 38.5 Å². The predicted octanol–water partition coefficient (Wildman–Crippen LogP) is 3.73. The van der Waals surface area contributed by atoms with Crippen molar-refractivity contribution >= 4 is 16.9 Å². The van der Waals surface area contributed by atoms with Gasteiger partial charge in [-0.25, -0.2) is 0 Å². The topological polar surface area (TPSA) is 63.4 Å². The molecular formula is C22H24N2O3. The maximum absolute atomic E-state index is 12.6. The minimum atomic E-state index is -0.383. The van der Waals surface area contributed by atoms with Crippen LogP contribution in [0.5, 0.6) is 5.75 Å². The molecule has 3 aromatic rings. The van der Waals surface area contributed by atoms with E-state index in [1.807, 2.05) is 50.2 Å². The molecule has 5 heteroatoms. The smallest absolute Gasteiger partial charge is 0.323 e. The minimum absolute atomic E-state index is 0.114. The molecule has 1 aliphatic heterocycles. The maximum Gasteiger partial charge on any atom is 0.323 e. The molecule has 0 saturated carbocycles. The number of carbonyl (C=O) groups excluding carboxylic acids is 1. The number of fused-ring (bicyclic) bond motifs is 3. The molecular weight excluding hydrogens is 340 g/mol. The van der Waals surface area contributed by atoms with E-state index < -0.39 is 0 Å². The lowest BCUT2D eigenvalue weighted by molar-refractivity contribution is -0.150. The van der Waals surface area contributed by atoms with Crippen LogP contribution in [0.4, 0.5) is 0 Å². The summed E-state index contributed by atoms with van der Waals surface area (Å²) >= 11 is 0. The molecule has 140 valence electrons. The van der Waals surface area contributed by atoms with Gasteiger partial charge < -0.3 is 14.5 Å². The summed E-state index contributed by atoms with van der Waals surface area (Å²) in [5, 5.41) is 4.64. The Morgan fingerprint density at radius 3 is 2.56 bits per heavy atom. The fourth-order valence-electron chi connectivity index (χ4n) is 3.76. The number of hydrogen-bond donors (Lipinski definition) is 2. The van der Waals surface area contributed by atoms with E-state index in [0.29, 0.717) is 6.42 Å². The molecule has 0 saturated heterocycles. The van der Waals surface area contributed by atoms with Gasteiger partial charge >= 0.3 is 5.97 Å². The lowest BCUT2D eigenvalue weighted by atomic mass is 9.90. The Balaban J connectivity index is 1.78. The van der Waals surface area contributed by atoms with E-state index in [4.69, 9.17) is 9.47 Å². The first-order chi connectivity index (χ1) is 13.1. The second-order valence-electron chi connectivity index (χ2n) is 7.18. The van der Waals surface area contributed by atoms with Gasteiger partial charge in [0.25, 0.3) is 0 Å². The highest BCUT2D eigenvalue weighted by molar-refractivity contribution is 5.87. The van der Waals surface area contributed by atoms with E-state index in [9.17, 15) is 4.79 Å². The summed E-state index contributed by atoms with van der Waals surface area (Å²) in [6, 6.07) is 15.7. The van der Waals surface area contributed by atoms with Gasteiger partial charge in [0.2, 0.25) is 0 Å². The van der Waals surface area contributed by atoms with Gasteiger partial charge in [0.05, 0.1) is 19.3 Å². The normalized spacial score (nSPS) is 19.1. The van der Waals surface area contributed by atoms with Crippen molar-refractivity contribution in [2.75, 3.05) is 7.11 Å². The van der Waals surface area contributed by atoms with Gasteiger partial charge in [-0.15, -0.1) is 0 Å². The first-order valence-corrected chi connectivity index (χ1v) is 9.26. The van der Waals surface area contributed by atoms with Crippen LogP contribution in [-0.4, -0.2) is 30.2 Å².